The minimum Gasteiger partial charge on any atom is -0.495 e. The number of hydrogen-bond donors (Lipinski definition) is 1. The summed E-state index contributed by atoms with van der Waals surface area (Å²) >= 11 is 0. The third-order valence-corrected chi connectivity index (χ3v) is 3.81. The van der Waals surface area contributed by atoms with Crippen LogP contribution in [0.4, 0.5) is 0 Å². The molecule has 0 unspecified atom stereocenters. The maximum Gasteiger partial charge on any atom is 0.196 e. The molecule has 0 bridgehead atoms. The van der Waals surface area contributed by atoms with E-state index >= 15 is 0 Å². The van der Waals surface area contributed by atoms with Crippen molar-refractivity contribution in [3.05, 3.63) is 33.7 Å². The number of methoxy groups -OCH3 is 1. The van der Waals surface area contributed by atoms with Gasteiger partial charge in [0.1, 0.15) is 34.3 Å². The first-order chi connectivity index (χ1) is 9.81. The van der Waals surface area contributed by atoms with Crippen LogP contribution in [0.25, 0.3) is 11.0 Å². The topological polar surface area (TPSA) is 68.9 Å². The molecule has 1 aromatic carbocycles. The lowest BCUT2D eigenvalue weighted by atomic mass is 9.96. The van der Waals surface area contributed by atoms with Gasteiger partial charge in [-0.25, -0.2) is 0 Å². The van der Waals surface area contributed by atoms with Gasteiger partial charge in [-0.05, 0) is 20.8 Å². The fourth-order valence-electron chi connectivity index (χ4n) is 2.72. The van der Waals surface area contributed by atoms with Crippen LogP contribution in [0.1, 0.15) is 25.2 Å². The average molecular weight is 290 g/mol. The second kappa shape index (κ2) is 4.49. The summed E-state index contributed by atoms with van der Waals surface area (Å²) < 4.78 is 16.8. The first-order valence-electron chi connectivity index (χ1n) is 6.84. The Labute approximate surface area is 122 Å². The predicted molar refractivity (Wildman–Crippen MR) is 78.2 cm³/mol. The lowest BCUT2D eigenvalue weighted by molar-refractivity contribution is -0.0229. The van der Waals surface area contributed by atoms with Crippen molar-refractivity contribution in [2.24, 2.45) is 0 Å². The number of benzene rings is 1. The molecule has 1 aliphatic heterocycles. The van der Waals surface area contributed by atoms with Crippen molar-refractivity contribution < 1.29 is 19.0 Å². The van der Waals surface area contributed by atoms with Gasteiger partial charge in [-0.1, -0.05) is 0 Å². The molecule has 1 atom stereocenters. The minimum atomic E-state index is -0.983. The van der Waals surface area contributed by atoms with Crippen LogP contribution in [0.2, 0.25) is 0 Å². The monoisotopic (exact) mass is 290 g/mol. The van der Waals surface area contributed by atoms with E-state index in [2.05, 4.69) is 0 Å². The molecule has 2 aromatic rings. The maximum absolute atomic E-state index is 12.2. The summed E-state index contributed by atoms with van der Waals surface area (Å²) in [5, 5.41) is 10.6. The van der Waals surface area contributed by atoms with Gasteiger partial charge in [0.05, 0.1) is 12.7 Å². The quantitative estimate of drug-likeness (QED) is 0.918. The SMILES string of the molecule is COc1c2c(cc3oc(C)cc(=O)c13)O[C@@H](C(C)(C)O)C2. The van der Waals surface area contributed by atoms with Gasteiger partial charge in [0.15, 0.2) is 5.43 Å². The molecule has 0 fully saturated rings. The Morgan fingerprint density at radius 1 is 1.38 bits per heavy atom. The van der Waals surface area contributed by atoms with Gasteiger partial charge in [0, 0.05) is 24.1 Å². The van der Waals surface area contributed by atoms with Crippen molar-refractivity contribution in [2.45, 2.75) is 38.9 Å². The number of rotatable bonds is 2. The smallest absolute Gasteiger partial charge is 0.196 e. The Morgan fingerprint density at radius 2 is 2.10 bits per heavy atom. The van der Waals surface area contributed by atoms with Crippen LogP contribution in [0.3, 0.4) is 0 Å². The van der Waals surface area contributed by atoms with Crippen LogP contribution < -0.4 is 14.9 Å². The predicted octanol–water partition coefficient (Wildman–Crippen LogP) is 2.18. The van der Waals surface area contributed by atoms with E-state index in [4.69, 9.17) is 13.9 Å². The molecule has 0 aliphatic carbocycles. The minimum absolute atomic E-state index is 0.139. The standard InChI is InChI=1S/C16H18O5/c1-8-5-10(17)14-12(20-8)7-11-9(15(14)19-4)6-13(21-11)16(2,3)18/h5,7,13,18H,6H2,1-4H3/t13-/m1/s1. The maximum atomic E-state index is 12.2. The Bertz CT molecular complexity index is 767. The zero-order valence-corrected chi connectivity index (χ0v) is 12.5. The molecule has 0 radical (unpaired) electrons. The van der Waals surface area contributed by atoms with Crippen molar-refractivity contribution in [3.8, 4) is 11.5 Å². The van der Waals surface area contributed by atoms with Crippen molar-refractivity contribution >= 4 is 11.0 Å². The van der Waals surface area contributed by atoms with E-state index in [1.165, 1.54) is 13.2 Å². The van der Waals surface area contributed by atoms with Crippen LogP contribution in [0.5, 0.6) is 11.5 Å². The lowest BCUT2D eigenvalue weighted by Gasteiger charge is -2.24. The first-order valence-corrected chi connectivity index (χ1v) is 6.84. The van der Waals surface area contributed by atoms with Crippen LogP contribution >= 0.6 is 0 Å². The molecule has 21 heavy (non-hydrogen) atoms. The van der Waals surface area contributed by atoms with Gasteiger partial charge in [0.25, 0.3) is 0 Å². The zero-order valence-electron chi connectivity index (χ0n) is 12.5. The summed E-state index contributed by atoms with van der Waals surface area (Å²) in [5.41, 5.74) is 0.115. The van der Waals surface area contributed by atoms with E-state index in [0.29, 0.717) is 34.6 Å². The number of fused-ring (bicyclic) bond motifs is 2. The second-order valence-corrected chi connectivity index (χ2v) is 5.95. The van der Waals surface area contributed by atoms with Crippen LogP contribution in [0.15, 0.2) is 21.3 Å². The van der Waals surface area contributed by atoms with Gasteiger partial charge in [0.2, 0.25) is 0 Å². The highest BCUT2D eigenvalue weighted by atomic mass is 16.5. The third kappa shape index (κ3) is 2.17. The van der Waals surface area contributed by atoms with Gasteiger partial charge in [-0.2, -0.15) is 0 Å². The summed E-state index contributed by atoms with van der Waals surface area (Å²) in [6.45, 7) is 5.12. The van der Waals surface area contributed by atoms with Gasteiger partial charge < -0.3 is 19.0 Å². The van der Waals surface area contributed by atoms with Crippen molar-refractivity contribution in [2.75, 3.05) is 7.11 Å². The molecule has 0 saturated carbocycles. The van der Waals surface area contributed by atoms with Gasteiger partial charge in [-0.3, -0.25) is 4.79 Å². The number of aliphatic hydroxyl groups is 1. The van der Waals surface area contributed by atoms with E-state index in [1.807, 2.05) is 0 Å². The van der Waals surface area contributed by atoms with E-state index in [9.17, 15) is 9.90 Å². The second-order valence-electron chi connectivity index (χ2n) is 5.95. The highest BCUT2D eigenvalue weighted by Crippen LogP contribution is 2.42. The molecular weight excluding hydrogens is 272 g/mol. The van der Waals surface area contributed by atoms with Crippen LogP contribution in [-0.4, -0.2) is 23.9 Å². The fraction of sp³-hybridized carbons (Fsp3) is 0.438. The molecule has 3 rings (SSSR count). The molecule has 5 nitrogen and oxygen atoms in total. The summed E-state index contributed by atoms with van der Waals surface area (Å²) in [6.07, 6.45) is 0.111. The normalized spacial score (nSPS) is 17.7. The number of aryl methyl sites for hydroxylation is 1. The summed E-state index contributed by atoms with van der Waals surface area (Å²) in [4.78, 5) is 12.2. The van der Waals surface area contributed by atoms with Crippen molar-refractivity contribution in [1.82, 2.24) is 0 Å². The number of ether oxygens (including phenoxy) is 2. The Balaban J connectivity index is 2.26. The average Bonchev–Trinajstić information content (AvgIpc) is 2.79. The molecule has 112 valence electrons. The summed E-state index contributed by atoms with van der Waals surface area (Å²) in [7, 11) is 1.52. The van der Waals surface area contributed by atoms with Crippen molar-refractivity contribution in [1.29, 1.82) is 0 Å². The lowest BCUT2D eigenvalue weighted by Crippen LogP contribution is -2.39. The Morgan fingerprint density at radius 3 is 2.71 bits per heavy atom. The molecule has 1 aliphatic rings. The largest absolute Gasteiger partial charge is 0.495 e. The highest BCUT2D eigenvalue weighted by molar-refractivity contribution is 5.87. The third-order valence-electron chi connectivity index (χ3n) is 3.81. The van der Waals surface area contributed by atoms with Crippen molar-refractivity contribution in [3.63, 3.8) is 0 Å². The number of hydrogen-bond acceptors (Lipinski definition) is 5. The molecular formula is C16H18O5. The zero-order chi connectivity index (χ0) is 15.4. The van der Waals surface area contributed by atoms with E-state index in [0.717, 1.165) is 5.56 Å². The Kier molecular flexibility index (Phi) is 2.99. The first kappa shape index (κ1) is 13.9. The van der Waals surface area contributed by atoms with Crippen LogP contribution in [0, 0.1) is 6.92 Å². The molecule has 5 heteroatoms. The van der Waals surface area contributed by atoms with Crippen LogP contribution in [-0.2, 0) is 6.42 Å². The van der Waals surface area contributed by atoms with Gasteiger partial charge in [-0.15, -0.1) is 0 Å². The molecule has 2 heterocycles. The van der Waals surface area contributed by atoms with E-state index in [1.54, 1.807) is 26.8 Å². The fourth-order valence-corrected chi connectivity index (χ4v) is 2.72. The molecule has 1 N–H and O–H groups in total. The van der Waals surface area contributed by atoms with Gasteiger partial charge >= 0.3 is 0 Å². The highest BCUT2D eigenvalue weighted by Gasteiger charge is 2.37. The molecule has 0 saturated heterocycles. The Hall–Kier alpha value is -2.01. The molecule has 0 amide bonds. The summed E-state index contributed by atoms with van der Waals surface area (Å²) in [5.74, 6) is 1.61. The summed E-state index contributed by atoms with van der Waals surface area (Å²) in [6, 6.07) is 3.15. The van der Waals surface area contributed by atoms with E-state index < -0.39 is 5.60 Å². The van der Waals surface area contributed by atoms with E-state index in [-0.39, 0.29) is 11.5 Å². The molecule has 1 aromatic heterocycles. The molecule has 0 spiro atoms.